The molecule has 1 amide bonds. The molecule has 2 aliphatic rings. The fourth-order valence-corrected chi connectivity index (χ4v) is 4.68. The van der Waals surface area contributed by atoms with Crippen LogP contribution in [0.25, 0.3) is 22.6 Å². The molecule has 0 N–H and O–H groups in total. The van der Waals surface area contributed by atoms with Crippen LogP contribution < -0.4 is 4.74 Å². The van der Waals surface area contributed by atoms with Crippen LogP contribution in [-0.2, 0) is 0 Å². The fourth-order valence-electron chi connectivity index (χ4n) is 4.68. The van der Waals surface area contributed by atoms with Gasteiger partial charge in [-0.3, -0.25) is 9.69 Å². The molecule has 3 aromatic rings. The number of rotatable bonds is 4. The van der Waals surface area contributed by atoms with Crippen LogP contribution in [0.15, 0.2) is 46.9 Å². The van der Waals surface area contributed by atoms with E-state index in [2.05, 4.69) is 9.88 Å². The molecule has 5 rings (SSSR count). The molecule has 0 atom stereocenters. The molecule has 30 heavy (non-hydrogen) atoms. The second-order valence-corrected chi connectivity index (χ2v) is 8.20. The Morgan fingerprint density at radius 2 is 1.87 bits per heavy atom. The van der Waals surface area contributed by atoms with Crippen molar-refractivity contribution in [1.29, 1.82) is 0 Å². The smallest absolute Gasteiger partial charge is 0.254 e. The van der Waals surface area contributed by atoms with Gasteiger partial charge < -0.3 is 14.1 Å². The van der Waals surface area contributed by atoms with Crippen molar-refractivity contribution in [3.05, 3.63) is 48.0 Å². The van der Waals surface area contributed by atoms with Gasteiger partial charge in [0.15, 0.2) is 5.58 Å². The quantitative estimate of drug-likeness (QED) is 0.651. The number of hydrogen-bond donors (Lipinski definition) is 0. The molecule has 0 spiro atoms. The summed E-state index contributed by atoms with van der Waals surface area (Å²) in [7, 11) is 1.64. The van der Waals surface area contributed by atoms with Crippen LogP contribution >= 0.6 is 0 Å². The van der Waals surface area contributed by atoms with E-state index in [1.54, 1.807) is 7.11 Å². The van der Waals surface area contributed by atoms with Gasteiger partial charge in [-0.25, -0.2) is 4.98 Å². The first-order valence-corrected chi connectivity index (χ1v) is 10.8. The molecule has 6 nitrogen and oxygen atoms in total. The van der Waals surface area contributed by atoms with Gasteiger partial charge in [0.05, 0.1) is 7.11 Å². The Kier molecular flexibility index (Phi) is 5.17. The number of oxazole rings is 1. The first-order valence-electron chi connectivity index (χ1n) is 10.8. The molecule has 6 heteroatoms. The van der Waals surface area contributed by atoms with Crippen molar-refractivity contribution in [2.75, 3.05) is 33.3 Å². The summed E-state index contributed by atoms with van der Waals surface area (Å²) in [6.45, 7) is 3.53. The van der Waals surface area contributed by atoms with Crippen molar-refractivity contribution < 1.29 is 13.9 Å². The standard InChI is InChI=1S/C24H27N3O3/c1-29-20-8-4-5-17(15-20)23-25-21-10-9-18(16-22(21)30-23)24(28)27-13-11-26(12-14-27)19-6-2-3-7-19/h4-5,8-10,15-16,19H,2-3,6-7,11-14H2,1H3. The first-order chi connectivity index (χ1) is 14.7. The number of methoxy groups -OCH3 is 1. The maximum Gasteiger partial charge on any atom is 0.254 e. The van der Waals surface area contributed by atoms with E-state index in [4.69, 9.17) is 9.15 Å². The third kappa shape index (κ3) is 3.67. The number of nitrogens with zero attached hydrogens (tertiary/aromatic N) is 3. The highest BCUT2D eigenvalue weighted by molar-refractivity contribution is 5.97. The van der Waals surface area contributed by atoms with Crippen molar-refractivity contribution in [3.63, 3.8) is 0 Å². The Morgan fingerprint density at radius 1 is 1.07 bits per heavy atom. The molecule has 0 bridgehead atoms. The molecule has 0 unspecified atom stereocenters. The predicted molar refractivity (Wildman–Crippen MR) is 116 cm³/mol. The number of ether oxygens (including phenoxy) is 1. The summed E-state index contributed by atoms with van der Waals surface area (Å²) >= 11 is 0. The van der Waals surface area contributed by atoms with Crippen LogP contribution in [0.3, 0.4) is 0 Å². The van der Waals surface area contributed by atoms with Crippen LogP contribution in [0.1, 0.15) is 36.0 Å². The third-order valence-corrected chi connectivity index (χ3v) is 6.39. The number of aromatic nitrogens is 1. The van der Waals surface area contributed by atoms with E-state index in [-0.39, 0.29) is 5.91 Å². The summed E-state index contributed by atoms with van der Waals surface area (Å²) in [4.78, 5) is 22.2. The fraction of sp³-hybridized carbons (Fsp3) is 0.417. The van der Waals surface area contributed by atoms with Gasteiger partial charge in [-0.05, 0) is 49.2 Å². The number of fused-ring (bicyclic) bond motifs is 1. The lowest BCUT2D eigenvalue weighted by molar-refractivity contribution is 0.0573. The summed E-state index contributed by atoms with van der Waals surface area (Å²) in [5.74, 6) is 1.35. The predicted octanol–water partition coefficient (Wildman–Crippen LogP) is 4.20. The molecule has 1 saturated heterocycles. The summed E-state index contributed by atoms with van der Waals surface area (Å²) in [6, 6.07) is 13.9. The Morgan fingerprint density at radius 3 is 2.63 bits per heavy atom. The molecule has 0 radical (unpaired) electrons. The van der Waals surface area contributed by atoms with E-state index >= 15 is 0 Å². The first kappa shape index (κ1) is 19.1. The van der Waals surface area contributed by atoms with Crippen LogP contribution in [0.4, 0.5) is 0 Å². The van der Waals surface area contributed by atoms with E-state index in [0.29, 0.717) is 17.0 Å². The Labute approximate surface area is 176 Å². The van der Waals surface area contributed by atoms with E-state index in [1.165, 1.54) is 25.7 Å². The normalized spacial score (nSPS) is 18.2. The minimum atomic E-state index is 0.0716. The van der Waals surface area contributed by atoms with Crippen LogP contribution in [0.2, 0.25) is 0 Å². The van der Waals surface area contributed by atoms with Crippen LogP contribution in [-0.4, -0.2) is 60.0 Å². The van der Waals surface area contributed by atoms with Crippen molar-refractivity contribution in [2.24, 2.45) is 0 Å². The average molecular weight is 405 g/mol. The topological polar surface area (TPSA) is 58.8 Å². The molecule has 2 heterocycles. The van der Waals surface area contributed by atoms with Gasteiger partial charge in [0.25, 0.3) is 5.91 Å². The lowest BCUT2D eigenvalue weighted by Crippen LogP contribution is -2.51. The molecule has 2 fully saturated rings. The van der Waals surface area contributed by atoms with E-state index in [9.17, 15) is 4.79 Å². The molecule has 156 valence electrons. The summed E-state index contributed by atoms with van der Waals surface area (Å²) < 4.78 is 11.3. The van der Waals surface area contributed by atoms with E-state index in [1.807, 2.05) is 47.4 Å². The number of hydrogen-bond acceptors (Lipinski definition) is 5. The minimum Gasteiger partial charge on any atom is -0.497 e. The zero-order chi connectivity index (χ0) is 20.5. The highest BCUT2D eigenvalue weighted by atomic mass is 16.5. The maximum absolute atomic E-state index is 13.1. The largest absolute Gasteiger partial charge is 0.497 e. The number of amides is 1. The van der Waals surface area contributed by atoms with Crippen LogP contribution in [0, 0.1) is 0 Å². The second-order valence-electron chi connectivity index (χ2n) is 8.20. The van der Waals surface area contributed by atoms with Crippen molar-refractivity contribution in [2.45, 2.75) is 31.7 Å². The average Bonchev–Trinajstić information content (AvgIpc) is 3.48. The molecule has 1 aliphatic carbocycles. The third-order valence-electron chi connectivity index (χ3n) is 6.39. The summed E-state index contributed by atoms with van der Waals surface area (Å²) in [5, 5.41) is 0. The number of carbonyl (C=O) groups is 1. The van der Waals surface area contributed by atoms with Gasteiger partial charge in [0.1, 0.15) is 11.3 Å². The van der Waals surface area contributed by atoms with Gasteiger partial charge >= 0.3 is 0 Å². The molecule has 1 saturated carbocycles. The molecule has 1 aromatic heterocycles. The van der Waals surface area contributed by atoms with Gasteiger partial charge in [-0.2, -0.15) is 0 Å². The molecular weight excluding hydrogens is 378 g/mol. The summed E-state index contributed by atoms with van der Waals surface area (Å²) in [6.07, 6.45) is 5.31. The Bertz CT molecular complexity index is 1050. The second kappa shape index (κ2) is 8.11. The highest BCUT2D eigenvalue weighted by Crippen LogP contribution is 2.28. The summed E-state index contributed by atoms with van der Waals surface area (Å²) in [5.41, 5.74) is 2.88. The van der Waals surface area contributed by atoms with Gasteiger partial charge in [0.2, 0.25) is 5.89 Å². The number of carbonyl (C=O) groups excluding carboxylic acids is 1. The highest BCUT2D eigenvalue weighted by Gasteiger charge is 2.28. The zero-order valence-corrected chi connectivity index (χ0v) is 17.3. The van der Waals surface area contributed by atoms with Crippen molar-refractivity contribution in [1.82, 2.24) is 14.8 Å². The van der Waals surface area contributed by atoms with E-state index in [0.717, 1.165) is 49.1 Å². The Hall–Kier alpha value is -2.86. The SMILES string of the molecule is COc1cccc(-c2nc3ccc(C(=O)N4CCN(C5CCCC5)CC4)cc3o2)c1. The lowest BCUT2D eigenvalue weighted by atomic mass is 10.1. The Balaban J connectivity index is 1.31. The van der Waals surface area contributed by atoms with Crippen molar-refractivity contribution >= 4 is 17.0 Å². The lowest BCUT2D eigenvalue weighted by Gasteiger charge is -2.38. The monoisotopic (exact) mass is 405 g/mol. The minimum absolute atomic E-state index is 0.0716. The van der Waals surface area contributed by atoms with Gasteiger partial charge in [0, 0.05) is 43.3 Å². The maximum atomic E-state index is 13.1. The van der Waals surface area contributed by atoms with Gasteiger partial charge in [-0.15, -0.1) is 0 Å². The van der Waals surface area contributed by atoms with Crippen LogP contribution in [0.5, 0.6) is 5.75 Å². The van der Waals surface area contributed by atoms with Gasteiger partial charge in [-0.1, -0.05) is 18.9 Å². The van der Waals surface area contributed by atoms with E-state index < -0.39 is 0 Å². The molecule has 1 aliphatic heterocycles. The molecule has 2 aromatic carbocycles. The van der Waals surface area contributed by atoms with Crippen molar-refractivity contribution in [3.8, 4) is 17.2 Å². The molecular formula is C24H27N3O3. The zero-order valence-electron chi connectivity index (χ0n) is 17.3. The number of piperazine rings is 1. The number of benzene rings is 2.